The molecule has 0 aliphatic carbocycles. The van der Waals surface area contributed by atoms with E-state index in [1.54, 1.807) is 23.9 Å². The molecular weight excluding hydrogens is 282 g/mol. The first-order valence-electron chi connectivity index (χ1n) is 5.85. The highest BCUT2D eigenvalue weighted by atomic mass is 19.2. The summed E-state index contributed by atoms with van der Waals surface area (Å²) >= 11 is 0. The second-order valence-corrected chi connectivity index (χ2v) is 4.32. The van der Waals surface area contributed by atoms with Crippen LogP contribution in [0.3, 0.4) is 0 Å². The molecule has 0 saturated heterocycles. The van der Waals surface area contributed by atoms with Gasteiger partial charge in [0.1, 0.15) is 11.8 Å². The van der Waals surface area contributed by atoms with E-state index in [0.717, 1.165) is 6.07 Å². The second-order valence-electron chi connectivity index (χ2n) is 4.32. The van der Waals surface area contributed by atoms with Gasteiger partial charge in [-0.15, -0.1) is 0 Å². The predicted octanol–water partition coefficient (Wildman–Crippen LogP) is 2.70. The number of nitriles is 1. The molecule has 0 bridgehead atoms. The van der Waals surface area contributed by atoms with Gasteiger partial charge in [0.25, 0.3) is 5.69 Å². The van der Waals surface area contributed by atoms with Gasteiger partial charge in [-0.25, -0.2) is 8.78 Å². The average Bonchev–Trinajstić information content (AvgIpc) is 2.80. The van der Waals surface area contributed by atoms with Crippen molar-refractivity contribution in [2.75, 3.05) is 5.32 Å². The summed E-state index contributed by atoms with van der Waals surface area (Å²) in [5.74, 6) is -2.48. The van der Waals surface area contributed by atoms with E-state index < -0.39 is 27.9 Å². The van der Waals surface area contributed by atoms with Gasteiger partial charge in [0.2, 0.25) is 0 Å². The zero-order chi connectivity index (χ0) is 15.6. The molecule has 2 rings (SSSR count). The van der Waals surface area contributed by atoms with Crippen LogP contribution in [0.5, 0.6) is 0 Å². The van der Waals surface area contributed by atoms with E-state index in [4.69, 9.17) is 5.26 Å². The maximum Gasteiger partial charge on any atom is 0.295 e. The molecule has 0 unspecified atom stereocenters. The molecule has 1 aromatic carbocycles. The fraction of sp³-hybridized carbons (Fsp3) is 0.154. The van der Waals surface area contributed by atoms with Gasteiger partial charge < -0.3 is 9.88 Å². The Morgan fingerprint density at radius 2 is 2.19 bits per heavy atom. The maximum atomic E-state index is 13.7. The quantitative estimate of drug-likeness (QED) is 0.693. The molecule has 0 saturated carbocycles. The Bertz CT molecular complexity index is 749. The molecule has 21 heavy (non-hydrogen) atoms. The molecular formula is C13H10F2N4O2. The third-order valence-electron chi connectivity index (χ3n) is 2.91. The summed E-state index contributed by atoms with van der Waals surface area (Å²) in [7, 11) is 1.66. The van der Waals surface area contributed by atoms with Crippen molar-refractivity contribution in [3.05, 3.63) is 57.4 Å². The Morgan fingerprint density at radius 3 is 2.76 bits per heavy atom. The van der Waals surface area contributed by atoms with Gasteiger partial charge in [0.05, 0.1) is 4.92 Å². The summed E-state index contributed by atoms with van der Waals surface area (Å²) in [6.07, 6.45) is 1.62. The molecule has 0 atom stereocenters. The molecule has 0 fully saturated rings. The van der Waals surface area contributed by atoms with Gasteiger partial charge in [0, 0.05) is 25.9 Å². The molecule has 0 amide bonds. The number of benzene rings is 1. The smallest absolute Gasteiger partial charge is 0.295 e. The molecule has 8 heteroatoms. The molecule has 1 N–H and O–H groups in total. The van der Waals surface area contributed by atoms with Crippen LogP contribution in [0, 0.1) is 33.1 Å². The standard InChI is InChI=1S/C13H10F2N4O2/c1-18-7-8(4-9(18)5-16)6-17-13-11(19(20)21)3-2-10(14)12(13)15/h2-4,7,17H,6H2,1H3. The molecule has 2 aromatic rings. The van der Waals surface area contributed by atoms with E-state index >= 15 is 0 Å². The lowest BCUT2D eigenvalue weighted by Crippen LogP contribution is -2.06. The number of halogens is 2. The first-order chi connectivity index (χ1) is 9.93. The van der Waals surface area contributed by atoms with E-state index in [1.165, 1.54) is 0 Å². The Balaban J connectivity index is 2.29. The second kappa shape index (κ2) is 5.58. The highest BCUT2D eigenvalue weighted by Crippen LogP contribution is 2.29. The van der Waals surface area contributed by atoms with Crippen LogP contribution in [0.1, 0.15) is 11.3 Å². The van der Waals surface area contributed by atoms with Crippen LogP contribution >= 0.6 is 0 Å². The lowest BCUT2D eigenvalue weighted by molar-refractivity contribution is -0.384. The normalized spacial score (nSPS) is 10.2. The zero-order valence-corrected chi connectivity index (χ0v) is 10.9. The van der Waals surface area contributed by atoms with E-state index in [0.29, 0.717) is 17.3 Å². The van der Waals surface area contributed by atoms with Gasteiger partial charge in [-0.1, -0.05) is 0 Å². The lowest BCUT2D eigenvalue weighted by atomic mass is 10.2. The number of nitrogens with zero attached hydrogens (tertiary/aromatic N) is 3. The topological polar surface area (TPSA) is 83.9 Å². The molecule has 1 aromatic heterocycles. The Kier molecular flexibility index (Phi) is 3.84. The van der Waals surface area contributed by atoms with Gasteiger partial charge >= 0.3 is 0 Å². The summed E-state index contributed by atoms with van der Waals surface area (Å²) < 4.78 is 28.4. The number of nitrogens with one attached hydrogen (secondary N) is 1. The third kappa shape index (κ3) is 2.81. The first-order valence-corrected chi connectivity index (χ1v) is 5.85. The summed E-state index contributed by atoms with van der Waals surface area (Å²) in [5.41, 5.74) is -0.0549. The summed E-state index contributed by atoms with van der Waals surface area (Å²) in [6.45, 7) is 0.0245. The van der Waals surface area contributed by atoms with Crippen molar-refractivity contribution in [3.8, 4) is 6.07 Å². The predicted molar refractivity (Wildman–Crippen MR) is 70.5 cm³/mol. The number of nitro benzene ring substituents is 1. The Morgan fingerprint density at radius 1 is 1.48 bits per heavy atom. The number of aryl methyl sites for hydroxylation is 1. The van der Waals surface area contributed by atoms with Crippen LogP contribution < -0.4 is 5.32 Å². The minimum Gasteiger partial charge on any atom is -0.373 e. The Labute approximate surface area is 118 Å². The van der Waals surface area contributed by atoms with Crippen molar-refractivity contribution in [1.29, 1.82) is 5.26 Å². The van der Waals surface area contributed by atoms with Crippen molar-refractivity contribution in [1.82, 2.24) is 4.57 Å². The van der Waals surface area contributed by atoms with Crippen LogP contribution in [0.15, 0.2) is 24.4 Å². The van der Waals surface area contributed by atoms with Crippen molar-refractivity contribution in [2.45, 2.75) is 6.54 Å². The SMILES string of the molecule is Cn1cc(CNc2c([N+](=O)[O-])ccc(F)c2F)cc1C#N. The molecule has 1 heterocycles. The maximum absolute atomic E-state index is 13.7. The van der Waals surface area contributed by atoms with E-state index in [9.17, 15) is 18.9 Å². The fourth-order valence-corrected chi connectivity index (χ4v) is 1.89. The molecule has 6 nitrogen and oxygen atoms in total. The third-order valence-corrected chi connectivity index (χ3v) is 2.91. The number of hydrogen-bond acceptors (Lipinski definition) is 4. The van der Waals surface area contributed by atoms with Crippen molar-refractivity contribution >= 4 is 11.4 Å². The zero-order valence-electron chi connectivity index (χ0n) is 10.9. The number of nitro groups is 1. The molecule has 0 aliphatic heterocycles. The molecule has 108 valence electrons. The lowest BCUT2D eigenvalue weighted by Gasteiger charge is -2.07. The summed E-state index contributed by atoms with van der Waals surface area (Å²) in [5, 5.41) is 22.2. The van der Waals surface area contributed by atoms with Gasteiger partial charge in [0.15, 0.2) is 17.3 Å². The van der Waals surface area contributed by atoms with E-state index in [1.807, 2.05) is 6.07 Å². The first kappa shape index (κ1) is 14.5. The summed E-state index contributed by atoms with van der Waals surface area (Å²) in [6, 6.07) is 5.11. The number of aromatic nitrogens is 1. The van der Waals surface area contributed by atoms with Crippen molar-refractivity contribution in [2.24, 2.45) is 7.05 Å². The van der Waals surface area contributed by atoms with Gasteiger partial charge in [-0.2, -0.15) is 5.26 Å². The van der Waals surface area contributed by atoms with Crippen LogP contribution in [0.4, 0.5) is 20.2 Å². The van der Waals surface area contributed by atoms with E-state index in [2.05, 4.69) is 5.32 Å². The minimum atomic E-state index is -1.30. The van der Waals surface area contributed by atoms with Crippen LogP contribution in [0.2, 0.25) is 0 Å². The number of hydrogen-bond donors (Lipinski definition) is 1. The highest BCUT2D eigenvalue weighted by Gasteiger charge is 2.21. The van der Waals surface area contributed by atoms with Crippen LogP contribution in [-0.4, -0.2) is 9.49 Å². The Hall–Kier alpha value is -2.95. The molecule has 0 radical (unpaired) electrons. The van der Waals surface area contributed by atoms with Crippen LogP contribution in [0.25, 0.3) is 0 Å². The fourth-order valence-electron chi connectivity index (χ4n) is 1.89. The van der Waals surface area contributed by atoms with Crippen molar-refractivity contribution in [3.63, 3.8) is 0 Å². The largest absolute Gasteiger partial charge is 0.373 e. The number of anilines is 1. The molecule has 0 aliphatic rings. The summed E-state index contributed by atoms with van der Waals surface area (Å²) in [4.78, 5) is 10.0. The van der Waals surface area contributed by atoms with E-state index in [-0.39, 0.29) is 6.54 Å². The van der Waals surface area contributed by atoms with Gasteiger partial charge in [-0.3, -0.25) is 10.1 Å². The van der Waals surface area contributed by atoms with Crippen LogP contribution in [-0.2, 0) is 13.6 Å². The number of rotatable bonds is 4. The minimum absolute atomic E-state index is 0.0245. The highest BCUT2D eigenvalue weighted by molar-refractivity contribution is 5.62. The van der Waals surface area contributed by atoms with Crippen molar-refractivity contribution < 1.29 is 13.7 Å². The molecule has 0 spiro atoms. The van der Waals surface area contributed by atoms with Gasteiger partial charge in [-0.05, 0) is 17.7 Å². The average molecular weight is 292 g/mol. The monoisotopic (exact) mass is 292 g/mol.